The summed E-state index contributed by atoms with van der Waals surface area (Å²) in [5.74, 6) is 2.48. The predicted molar refractivity (Wildman–Crippen MR) is 133 cm³/mol. The quantitative estimate of drug-likeness (QED) is 0.259. The van der Waals surface area contributed by atoms with E-state index >= 15 is 0 Å². The van der Waals surface area contributed by atoms with Crippen molar-refractivity contribution in [2.45, 2.75) is 46.2 Å². The summed E-state index contributed by atoms with van der Waals surface area (Å²) in [6, 6.07) is 10.5. The molecule has 2 heterocycles. The number of thiazole rings is 1. The van der Waals surface area contributed by atoms with Crippen molar-refractivity contribution in [2.24, 2.45) is 12.0 Å². The third kappa shape index (κ3) is 6.76. The lowest BCUT2D eigenvalue weighted by atomic mass is 10.1. The van der Waals surface area contributed by atoms with Crippen LogP contribution in [0.3, 0.4) is 0 Å². The fraction of sp³-hybridized carbons (Fsp3) is 0.429. The molecular formula is C21H30IN7S. The molecule has 0 aliphatic rings. The lowest BCUT2D eigenvalue weighted by Crippen LogP contribution is -2.39. The fourth-order valence-electron chi connectivity index (χ4n) is 2.84. The molecule has 30 heavy (non-hydrogen) atoms. The van der Waals surface area contributed by atoms with Crippen LogP contribution in [-0.2, 0) is 26.4 Å². The maximum absolute atomic E-state index is 4.74. The van der Waals surface area contributed by atoms with Crippen LogP contribution in [0.2, 0.25) is 0 Å². The molecule has 0 amide bonds. The van der Waals surface area contributed by atoms with Gasteiger partial charge in [0.1, 0.15) is 12.4 Å². The lowest BCUT2D eigenvalue weighted by molar-refractivity contribution is 0.675. The molecule has 0 saturated heterocycles. The van der Waals surface area contributed by atoms with Crippen LogP contribution in [0.5, 0.6) is 0 Å². The zero-order chi connectivity index (χ0) is 20.6. The lowest BCUT2D eigenvalue weighted by Gasteiger charge is -2.18. The third-order valence-corrected chi connectivity index (χ3v) is 6.00. The number of rotatable bonds is 8. The molecule has 0 aliphatic carbocycles. The van der Waals surface area contributed by atoms with E-state index in [2.05, 4.69) is 51.8 Å². The van der Waals surface area contributed by atoms with Gasteiger partial charge in [-0.15, -0.1) is 45.5 Å². The Morgan fingerprint density at radius 2 is 2.00 bits per heavy atom. The average Bonchev–Trinajstić information content (AvgIpc) is 3.33. The molecule has 0 spiro atoms. The summed E-state index contributed by atoms with van der Waals surface area (Å²) < 4.78 is 1.96. The summed E-state index contributed by atoms with van der Waals surface area (Å²) in [5, 5.41) is 16.4. The van der Waals surface area contributed by atoms with Gasteiger partial charge in [-0.3, -0.25) is 0 Å². The Morgan fingerprint density at radius 1 is 1.23 bits per heavy atom. The van der Waals surface area contributed by atoms with E-state index in [1.807, 2.05) is 42.9 Å². The second kappa shape index (κ2) is 12.0. The number of halogens is 1. The number of hydrogen-bond donors (Lipinski definition) is 2. The number of hydrogen-bond acceptors (Lipinski definition) is 5. The van der Waals surface area contributed by atoms with Gasteiger partial charge in [0.2, 0.25) is 0 Å². The fourth-order valence-corrected chi connectivity index (χ4v) is 3.70. The first-order valence-electron chi connectivity index (χ1n) is 9.95. The highest BCUT2D eigenvalue weighted by molar-refractivity contribution is 14.0. The van der Waals surface area contributed by atoms with Crippen molar-refractivity contribution < 1.29 is 0 Å². The molecule has 3 aromatic rings. The van der Waals surface area contributed by atoms with Gasteiger partial charge < -0.3 is 15.2 Å². The van der Waals surface area contributed by atoms with E-state index in [1.54, 1.807) is 11.3 Å². The van der Waals surface area contributed by atoms with Crippen molar-refractivity contribution in [1.29, 1.82) is 0 Å². The topological polar surface area (TPSA) is 80.0 Å². The molecule has 0 radical (unpaired) electrons. The van der Waals surface area contributed by atoms with Crippen molar-refractivity contribution in [3.05, 3.63) is 63.6 Å². The maximum Gasteiger partial charge on any atom is 0.192 e. The van der Waals surface area contributed by atoms with Gasteiger partial charge in [0.15, 0.2) is 11.8 Å². The minimum absolute atomic E-state index is 0. The Balaban J connectivity index is 0.00000320. The number of guanidine groups is 1. The summed E-state index contributed by atoms with van der Waals surface area (Å²) in [7, 11) is 1.96. The minimum Gasteiger partial charge on any atom is -0.356 e. The van der Waals surface area contributed by atoms with Crippen molar-refractivity contribution in [3.8, 4) is 0 Å². The van der Waals surface area contributed by atoms with Gasteiger partial charge in [-0.25, -0.2) is 9.98 Å². The van der Waals surface area contributed by atoms with E-state index < -0.39 is 0 Å². The molecule has 1 aromatic carbocycles. The van der Waals surface area contributed by atoms with Crippen LogP contribution in [-0.4, -0.2) is 32.3 Å². The Bertz CT molecular complexity index is 936. The van der Waals surface area contributed by atoms with Crippen LogP contribution in [0, 0.1) is 6.92 Å². The third-order valence-electron chi connectivity index (χ3n) is 4.80. The highest BCUT2D eigenvalue weighted by atomic mass is 127. The molecule has 0 saturated carbocycles. The van der Waals surface area contributed by atoms with Gasteiger partial charge >= 0.3 is 0 Å². The van der Waals surface area contributed by atoms with Gasteiger partial charge in [0.25, 0.3) is 0 Å². The summed E-state index contributed by atoms with van der Waals surface area (Å²) in [6.07, 6.45) is 3.88. The first-order valence-corrected chi connectivity index (χ1v) is 10.8. The predicted octanol–water partition coefficient (Wildman–Crippen LogP) is 3.80. The Kier molecular flexibility index (Phi) is 9.70. The average molecular weight is 539 g/mol. The zero-order valence-electron chi connectivity index (χ0n) is 17.9. The summed E-state index contributed by atoms with van der Waals surface area (Å²) in [4.78, 5) is 10.6. The first kappa shape index (κ1) is 24.3. The number of nitrogens with one attached hydrogen (secondary N) is 2. The molecule has 162 valence electrons. The molecular weight excluding hydrogens is 509 g/mol. The second-order valence-corrected chi connectivity index (χ2v) is 8.11. The van der Waals surface area contributed by atoms with Crippen molar-refractivity contribution in [3.63, 3.8) is 0 Å². The molecule has 9 heteroatoms. The van der Waals surface area contributed by atoms with E-state index in [-0.39, 0.29) is 30.0 Å². The van der Waals surface area contributed by atoms with Gasteiger partial charge in [0, 0.05) is 31.1 Å². The van der Waals surface area contributed by atoms with Crippen molar-refractivity contribution in [1.82, 2.24) is 30.4 Å². The number of benzene rings is 1. The van der Waals surface area contributed by atoms with Crippen LogP contribution in [0.15, 0.2) is 41.5 Å². The smallest absolute Gasteiger partial charge is 0.192 e. The molecule has 2 aromatic heterocycles. The first-order chi connectivity index (χ1) is 14.1. The van der Waals surface area contributed by atoms with Crippen LogP contribution >= 0.6 is 35.3 Å². The summed E-state index contributed by atoms with van der Waals surface area (Å²) in [5.41, 5.74) is 1.21. The summed E-state index contributed by atoms with van der Waals surface area (Å²) >= 11 is 1.78. The van der Waals surface area contributed by atoms with E-state index in [0.717, 1.165) is 42.0 Å². The molecule has 7 nitrogen and oxygen atoms in total. The van der Waals surface area contributed by atoms with Crippen molar-refractivity contribution in [2.75, 3.05) is 6.54 Å². The monoisotopic (exact) mass is 539 g/mol. The Hall–Kier alpha value is -2.01. The number of aromatic nitrogens is 4. The van der Waals surface area contributed by atoms with Gasteiger partial charge in [-0.1, -0.05) is 37.3 Å². The standard InChI is InChI=1S/C21H29N7S.HI/c1-5-18-13-23-20(29-18)11-12-22-21(24-14-19-27-26-16(3)28(19)4)25-15(2)17-9-7-6-8-10-17;/h6-10,13,15H,5,11-12,14H2,1-4H3,(H2,22,24,25);1H. The number of nitrogens with zero attached hydrogens (tertiary/aromatic N) is 5. The van der Waals surface area contributed by atoms with Gasteiger partial charge in [-0.2, -0.15) is 0 Å². The molecule has 1 atom stereocenters. The van der Waals surface area contributed by atoms with Crippen molar-refractivity contribution >= 4 is 41.3 Å². The van der Waals surface area contributed by atoms with E-state index in [9.17, 15) is 0 Å². The van der Waals surface area contributed by atoms with E-state index in [1.165, 1.54) is 10.4 Å². The molecule has 0 bridgehead atoms. The second-order valence-electron chi connectivity index (χ2n) is 6.91. The molecule has 2 N–H and O–H groups in total. The van der Waals surface area contributed by atoms with Gasteiger partial charge in [-0.05, 0) is 25.8 Å². The van der Waals surface area contributed by atoms with Gasteiger partial charge in [0.05, 0.1) is 11.0 Å². The van der Waals surface area contributed by atoms with Crippen LogP contribution < -0.4 is 10.6 Å². The van der Waals surface area contributed by atoms with Crippen LogP contribution in [0.1, 0.15) is 47.0 Å². The maximum atomic E-state index is 4.74. The number of aliphatic imine (C=N–C) groups is 1. The Morgan fingerprint density at radius 3 is 2.63 bits per heavy atom. The normalized spacial score (nSPS) is 12.3. The van der Waals surface area contributed by atoms with Crippen LogP contribution in [0.4, 0.5) is 0 Å². The highest BCUT2D eigenvalue weighted by Gasteiger charge is 2.10. The SMILES string of the molecule is CCc1cnc(CCNC(=NCc2nnc(C)n2C)NC(C)c2ccccc2)s1.I. The largest absolute Gasteiger partial charge is 0.356 e. The molecule has 0 fully saturated rings. The van der Waals surface area contributed by atoms with E-state index in [0.29, 0.717) is 6.54 Å². The minimum atomic E-state index is 0. The highest BCUT2D eigenvalue weighted by Crippen LogP contribution is 2.14. The molecule has 0 aliphatic heterocycles. The molecule has 3 rings (SSSR count). The van der Waals surface area contributed by atoms with E-state index in [4.69, 9.17) is 4.99 Å². The molecule has 1 unspecified atom stereocenters. The number of aryl methyl sites for hydroxylation is 2. The Labute approximate surface area is 199 Å². The van der Waals surface area contributed by atoms with Crippen LogP contribution in [0.25, 0.3) is 0 Å². The summed E-state index contributed by atoms with van der Waals surface area (Å²) in [6.45, 7) is 7.46. The zero-order valence-corrected chi connectivity index (χ0v) is 21.1.